The molecule has 6 nitrogen and oxygen atoms in total. The van der Waals surface area contributed by atoms with E-state index in [4.69, 9.17) is 4.74 Å². The fraction of sp³-hybridized carbons (Fsp3) is 0.444. The van der Waals surface area contributed by atoms with Crippen LogP contribution < -0.4 is 4.74 Å². The van der Waals surface area contributed by atoms with E-state index in [2.05, 4.69) is 4.98 Å². The van der Waals surface area contributed by atoms with Crippen molar-refractivity contribution in [1.82, 2.24) is 9.88 Å². The molecule has 1 amide bonds. The zero-order valence-corrected chi connectivity index (χ0v) is 16.5. The van der Waals surface area contributed by atoms with E-state index in [0.29, 0.717) is 18.7 Å². The van der Waals surface area contributed by atoms with E-state index in [-0.39, 0.29) is 30.1 Å². The van der Waals surface area contributed by atoms with Crippen LogP contribution in [-0.2, 0) is 14.6 Å². The van der Waals surface area contributed by atoms with Gasteiger partial charge in [-0.25, -0.2) is 13.4 Å². The minimum absolute atomic E-state index is 0.0501. The van der Waals surface area contributed by atoms with Crippen LogP contribution in [0.2, 0.25) is 0 Å². The normalized spacial score (nSPS) is 18.6. The summed E-state index contributed by atoms with van der Waals surface area (Å²) < 4.78 is 28.9. The van der Waals surface area contributed by atoms with Crippen LogP contribution in [0.25, 0.3) is 10.6 Å². The molecular weight excluding hydrogens is 372 g/mol. The van der Waals surface area contributed by atoms with E-state index in [1.807, 2.05) is 43.5 Å². The van der Waals surface area contributed by atoms with Gasteiger partial charge in [0.25, 0.3) is 5.91 Å². The Kier molecular flexibility index (Phi) is 5.62. The first-order valence-electron chi connectivity index (χ1n) is 8.53. The minimum Gasteiger partial charge on any atom is -0.484 e. The predicted molar refractivity (Wildman–Crippen MR) is 102 cm³/mol. The molecule has 1 aromatic carbocycles. The molecule has 1 atom stereocenters. The summed E-state index contributed by atoms with van der Waals surface area (Å²) in [6.45, 7) is 4.19. The van der Waals surface area contributed by atoms with Gasteiger partial charge >= 0.3 is 0 Å². The maximum absolute atomic E-state index is 12.4. The highest BCUT2D eigenvalue weighted by Gasteiger charge is 2.33. The lowest BCUT2D eigenvalue weighted by Crippen LogP contribution is -2.43. The topological polar surface area (TPSA) is 76.6 Å². The van der Waals surface area contributed by atoms with Gasteiger partial charge < -0.3 is 9.64 Å². The number of rotatable bonds is 6. The van der Waals surface area contributed by atoms with E-state index in [0.717, 1.165) is 16.3 Å². The molecule has 8 heteroatoms. The number of hydrogen-bond donors (Lipinski definition) is 0. The van der Waals surface area contributed by atoms with Gasteiger partial charge in [-0.15, -0.1) is 11.3 Å². The standard InChI is InChI=1S/C18H22N2O4S2/c1-3-20(15-8-9-26(22,23)12-15)17(21)10-24-16-6-4-14(5-7-16)18-19-13(2)11-25-18/h4-7,11,15H,3,8-10,12H2,1-2H3/t15-/m1/s1. The summed E-state index contributed by atoms with van der Waals surface area (Å²) in [7, 11) is -3.02. The van der Waals surface area contributed by atoms with Crippen molar-refractivity contribution in [3.8, 4) is 16.3 Å². The Morgan fingerprint density at radius 2 is 2.08 bits per heavy atom. The molecule has 3 rings (SSSR count). The smallest absolute Gasteiger partial charge is 0.260 e. The Labute approximate surface area is 157 Å². The molecule has 1 aromatic heterocycles. The Hall–Kier alpha value is -1.93. The van der Waals surface area contributed by atoms with Gasteiger partial charge in [-0.1, -0.05) is 0 Å². The molecule has 0 aliphatic carbocycles. The van der Waals surface area contributed by atoms with Crippen molar-refractivity contribution in [1.29, 1.82) is 0 Å². The molecule has 0 unspecified atom stereocenters. The van der Waals surface area contributed by atoms with Crippen LogP contribution >= 0.6 is 11.3 Å². The van der Waals surface area contributed by atoms with Crippen molar-refractivity contribution in [2.45, 2.75) is 26.3 Å². The number of aromatic nitrogens is 1. The first kappa shape index (κ1) is 18.8. The quantitative estimate of drug-likeness (QED) is 0.752. The number of carbonyl (C=O) groups is 1. The summed E-state index contributed by atoms with van der Waals surface area (Å²) in [5.74, 6) is 0.619. The molecule has 0 radical (unpaired) electrons. The summed E-state index contributed by atoms with van der Waals surface area (Å²) in [6.07, 6.45) is 0.504. The summed E-state index contributed by atoms with van der Waals surface area (Å²) in [4.78, 5) is 18.5. The second kappa shape index (κ2) is 7.75. The average molecular weight is 395 g/mol. The SMILES string of the molecule is CCN(C(=O)COc1ccc(-c2nc(C)cs2)cc1)[C@@H]1CCS(=O)(=O)C1. The van der Waals surface area contributed by atoms with Gasteiger partial charge in [0.2, 0.25) is 0 Å². The number of ether oxygens (including phenoxy) is 1. The maximum Gasteiger partial charge on any atom is 0.260 e. The van der Waals surface area contributed by atoms with Crippen LogP contribution in [0.4, 0.5) is 0 Å². The first-order chi connectivity index (χ1) is 12.4. The summed E-state index contributed by atoms with van der Waals surface area (Å²) >= 11 is 1.59. The van der Waals surface area contributed by atoms with Crippen LogP contribution in [0.15, 0.2) is 29.6 Å². The third kappa shape index (κ3) is 4.42. The Morgan fingerprint density at radius 1 is 1.35 bits per heavy atom. The van der Waals surface area contributed by atoms with Crippen molar-refractivity contribution in [3.05, 3.63) is 35.3 Å². The molecule has 1 saturated heterocycles. The summed E-state index contributed by atoms with van der Waals surface area (Å²) in [5, 5.41) is 2.95. The predicted octanol–water partition coefficient (Wildman–Crippen LogP) is 2.53. The third-order valence-corrected chi connectivity index (χ3v) is 7.15. The molecule has 0 bridgehead atoms. The lowest BCUT2D eigenvalue weighted by molar-refractivity contribution is -0.135. The second-order valence-corrected chi connectivity index (χ2v) is 9.43. The average Bonchev–Trinajstić information content (AvgIpc) is 3.20. The van der Waals surface area contributed by atoms with Crippen molar-refractivity contribution >= 4 is 27.1 Å². The number of hydrogen-bond acceptors (Lipinski definition) is 6. The van der Waals surface area contributed by atoms with E-state index in [1.165, 1.54) is 0 Å². The van der Waals surface area contributed by atoms with Crippen LogP contribution in [-0.4, -0.2) is 54.9 Å². The van der Waals surface area contributed by atoms with Crippen molar-refractivity contribution in [2.24, 2.45) is 0 Å². The zero-order valence-electron chi connectivity index (χ0n) is 14.8. The highest BCUT2D eigenvalue weighted by Crippen LogP contribution is 2.25. The number of aryl methyl sites for hydroxylation is 1. The second-order valence-electron chi connectivity index (χ2n) is 6.34. The first-order valence-corrected chi connectivity index (χ1v) is 11.2. The Bertz CT molecular complexity index is 875. The monoisotopic (exact) mass is 394 g/mol. The highest BCUT2D eigenvalue weighted by molar-refractivity contribution is 7.91. The molecule has 1 aliphatic heterocycles. The number of nitrogens with zero attached hydrogens (tertiary/aromatic N) is 2. The van der Waals surface area contributed by atoms with Crippen molar-refractivity contribution in [2.75, 3.05) is 24.7 Å². The van der Waals surface area contributed by atoms with Crippen molar-refractivity contribution < 1.29 is 17.9 Å². The molecule has 2 aromatic rings. The number of thiazole rings is 1. The van der Waals surface area contributed by atoms with Gasteiger partial charge in [0.05, 0.1) is 11.5 Å². The van der Waals surface area contributed by atoms with Gasteiger partial charge in [0, 0.05) is 29.2 Å². The van der Waals surface area contributed by atoms with Gasteiger partial charge in [-0.3, -0.25) is 4.79 Å². The Morgan fingerprint density at radius 3 is 2.62 bits per heavy atom. The molecule has 140 valence electrons. The number of amides is 1. The van der Waals surface area contributed by atoms with E-state index in [1.54, 1.807) is 16.2 Å². The summed E-state index contributed by atoms with van der Waals surface area (Å²) in [5.41, 5.74) is 2.00. The molecule has 0 spiro atoms. The van der Waals surface area contributed by atoms with Crippen LogP contribution in [0.1, 0.15) is 19.0 Å². The fourth-order valence-electron chi connectivity index (χ4n) is 3.07. The fourth-order valence-corrected chi connectivity index (χ4v) is 5.60. The molecule has 2 heterocycles. The van der Waals surface area contributed by atoms with Crippen molar-refractivity contribution in [3.63, 3.8) is 0 Å². The van der Waals surface area contributed by atoms with E-state index in [9.17, 15) is 13.2 Å². The van der Waals surface area contributed by atoms with Gasteiger partial charge in [-0.2, -0.15) is 0 Å². The van der Waals surface area contributed by atoms with Crippen LogP contribution in [0.5, 0.6) is 5.75 Å². The lowest BCUT2D eigenvalue weighted by Gasteiger charge is -2.26. The van der Waals surface area contributed by atoms with Gasteiger partial charge in [0.15, 0.2) is 16.4 Å². The summed E-state index contributed by atoms with van der Waals surface area (Å²) in [6, 6.07) is 7.22. The number of carbonyl (C=O) groups excluding carboxylic acids is 1. The van der Waals surface area contributed by atoms with E-state index >= 15 is 0 Å². The van der Waals surface area contributed by atoms with Gasteiger partial charge in [0.1, 0.15) is 10.8 Å². The highest BCUT2D eigenvalue weighted by atomic mass is 32.2. The number of likely N-dealkylation sites (N-methyl/N-ethyl adjacent to an activating group) is 1. The third-order valence-electron chi connectivity index (χ3n) is 4.39. The molecule has 0 N–H and O–H groups in total. The zero-order chi connectivity index (χ0) is 18.7. The Balaban J connectivity index is 1.58. The number of benzene rings is 1. The van der Waals surface area contributed by atoms with Crippen LogP contribution in [0, 0.1) is 6.92 Å². The number of sulfone groups is 1. The molecule has 1 fully saturated rings. The molecule has 26 heavy (non-hydrogen) atoms. The van der Waals surface area contributed by atoms with E-state index < -0.39 is 9.84 Å². The maximum atomic E-state index is 12.4. The molecular formula is C18H22N2O4S2. The molecule has 0 saturated carbocycles. The lowest BCUT2D eigenvalue weighted by atomic mass is 10.2. The largest absolute Gasteiger partial charge is 0.484 e. The molecule has 1 aliphatic rings. The minimum atomic E-state index is -3.02. The van der Waals surface area contributed by atoms with Gasteiger partial charge in [-0.05, 0) is 44.5 Å². The van der Waals surface area contributed by atoms with Crippen LogP contribution in [0.3, 0.4) is 0 Å².